The summed E-state index contributed by atoms with van der Waals surface area (Å²) in [5.41, 5.74) is 6.73. The van der Waals surface area contributed by atoms with Crippen molar-refractivity contribution in [3.8, 4) is 0 Å². The van der Waals surface area contributed by atoms with Gasteiger partial charge < -0.3 is 16.0 Å². The zero-order chi connectivity index (χ0) is 10.7. The van der Waals surface area contributed by atoms with Crippen LogP contribution >= 0.6 is 0 Å². The molecule has 4 nitrogen and oxygen atoms in total. The lowest BCUT2D eigenvalue weighted by Gasteiger charge is -2.11. The molecular weight excluding hydrogens is 190 g/mol. The molecule has 4 N–H and O–H groups in total. The van der Waals surface area contributed by atoms with Gasteiger partial charge in [-0.05, 0) is 31.4 Å². The molecule has 1 aliphatic rings. The Balaban J connectivity index is 1.78. The molecule has 1 aliphatic carbocycles. The van der Waals surface area contributed by atoms with E-state index >= 15 is 0 Å². The second kappa shape index (κ2) is 4.49. The van der Waals surface area contributed by atoms with E-state index in [2.05, 4.69) is 10.3 Å². The molecule has 1 heterocycles. The van der Waals surface area contributed by atoms with Crippen molar-refractivity contribution >= 4 is 5.91 Å². The lowest BCUT2D eigenvalue weighted by atomic mass is 10.2. The lowest BCUT2D eigenvalue weighted by Crippen LogP contribution is -2.35. The average molecular weight is 207 g/mol. The van der Waals surface area contributed by atoms with Gasteiger partial charge in [-0.15, -0.1) is 0 Å². The molecule has 0 spiro atoms. The predicted octanol–water partition coefficient (Wildman–Crippen LogP) is 0.553. The van der Waals surface area contributed by atoms with E-state index in [0.29, 0.717) is 6.42 Å². The Kier molecular flexibility index (Phi) is 3.06. The van der Waals surface area contributed by atoms with Crippen LogP contribution in [0.5, 0.6) is 0 Å². The van der Waals surface area contributed by atoms with Gasteiger partial charge in [-0.2, -0.15) is 0 Å². The van der Waals surface area contributed by atoms with Gasteiger partial charge in [0.25, 0.3) is 0 Å². The third-order valence-corrected chi connectivity index (χ3v) is 2.85. The van der Waals surface area contributed by atoms with Gasteiger partial charge in [0.15, 0.2) is 0 Å². The second-order valence-electron chi connectivity index (χ2n) is 4.21. The number of nitrogens with one attached hydrogen (secondary N) is 2. The van der Waals surface area contributed by atoms with Crippen molar-refractivity contribution in [3.63, 3.8) is 0 Å². The Bertz CT molecular complexity index is 321. The fraction of sp³-hybridized carbons (Fsp3) is 0.545. The molecule has 1 aromatic heterocycles. The highest BCUT2D eigenvalue weighted by Gasteiger charge is 2.22. The first kappa shape index (κ1) is 10.2. The number of H-pyrrole nitrogens is 1. The molecule has 4 heteroatoms. The zero-order valence-electron chi connectivity index (χ0n) is 8.70. The Morgan fingerprint density at radius 3 is 3.07 bits per heavy atom. The molecule has 2 unspecified atom stereocenters. The summed E-state index contributed by atoms with van der Waals surface area (Å²) in [5, 5.41) is 3.01. The standard InChI is InChI=1S/C11H17N3O/c12-8-3-4-10(6-8)14-11(15)7-9-2-1-5-13-9/h1-2,5,8,10,13H,3-4,6-7,12H2,(H,14,15). The van der Waals surface area contributed by atoms with E-state index in [4.69, 9.17) is 5.73 Å². The van der Waals surface area contributed by atoms with E-state index in [-0.39, 0.29) is 18.0 Å². The Hall–Kier alpha value is -1.29. The SMILES string of the molecule is NC1CCC(NC(=O)Cc2ccc[nH]2)C1. The number of carbonyl (C=O) groups excluding carboxylic acids is 1. The monoisotopic (exact) mass is 207 g/mol. The Morgan fingerprint density at radius 2 is 2.47 bits per heavy atom. The molecule has 1 saturated carbocycles. The van der Waals surface area contributed by atoms with Crippen LogP contribution in [0.2, 0.25) is 0 Å². The van der Waals surface area contributed by atoms with Crippen LogP contribution in [0.3, 0.4) is 0 Å². The van der Waals surface area contributed by atoms with Crippen LogP contribution in [0.4, 0.5) is 0 Å². The Labute approximate surface area is 89.2 Å². The summed E-state index contributed by atoms with van der Waals surface area (Å²) in [6.45, 7) is 0. The third-order valence-electron chi connectivity index (χ3n) is 2.85. The summed E-state index contributed by atoms with van der Waals surface area (Å²) in [5.74, 6) is 0.0801. The first-order chi connectivity index (χ1) is 7.24. The van der Waals surface area contributed by atoms with E-state index in [1.54, 1.807) is 0 Å². The quantitative estimate of drug-likeness (QED) is 0.677. The maximum absolute atomic E-state index is 11.6. The molecule has 2 rings (SSSR count). The van der Waals surface area contributed by atoms with Gasteiger partial charge in [0.05, 0.1) is 6.42 Å². The molecule has 0 radical (unpaired) electrons. The molecular formula is C11H17N3O. The second-order valence-corrected chi connectivity index (χ2v) is 4.21. The van der Waals surface area contributed by atoms with Gasteiger partial charge in [0, 0.05) is 24.0 Å². The van der Waals surface area contributed by atoms with Crippen molar-refractivity contribution in [3.05, 3.63) is 24.0 Å². The molecule has 15 heavy (non-hydrogen) atoms. The largest absolute Gasteiger partial charge is 0.365 e. The highest BCUT2D eigenvalue weighted by Crippen LogP contribution is 2.17. The van der Waals surface area contributed by atoms with Gasteiger partial charge in [-0.3, -0.25) is 4.79 Å². The molecule has 1 fully saturated rings. The fourth-order valence-corrected chi connectivity index (χ4v) is 2.08. The minimum absolute atomic E-state index is 0.0801. The number of nitrogens with two attached hydrogens (primary N) is 1. The predicted molar refractivity (Wildman–Crippen MR) is 58.3 cm³/mol. The Morgan fingerprint density at radius 1 is 1.60 bits per heavy atom. The lowest BCUT2D eigenvalue weighted by molar-refractivity contribution is -0.121. The molecule has 2 atom stereocenters. The van der Waals surface area contributed by atoms with Gasteiger partial charge in [0.1, 0.15) is 0 Å². The maximum atomic E-state index is 11.6. The highest BCUT2D eigenvalue weighted by atomic mass is 16.1. The number of carbonyl (C=O) groups is 1. The van der Waals surface area contributed by atoms with E-state index < -0.39 is 0 Å². The van der Waals surface area contributed by atoms with E-state index in [1.807, 2.05) is 18.3 Å². The summed E-state index contributed by atoms with van der Waals surface area (Å²) in [6.07, 6.45) is 5.20. The highest BCUT2D eigenvalue weighted by molar-refractivity contribution is 5.78. The molecule has 0 bridgehead atoms. The molecule has 1 aromatic rings. The van der Waals surface area contributed by atoms with E-state index in [0.717, 1.165) is 25.0 Å². The summed E-state index contributed by atoms with van der Waals surface area (Å²) >= 11 is 0. The number of rotatable bonds is 3. The fourth-order valence-electron chi connectivity index (χ4n) is 2.08. The number of hydrogen-bond donors (Lipinski definition) is 3. The first-order valence-corrected chi connectivity index (χ1v) is 5.41. The summed E-state index contributed by atoms with van der Waals surface area (Å²) in [6, 6.07) is 4.36. The van der Waals surface area contributed by atoms with Crippen LogP contribution in [0.25, 0.3) is 0 Å². The van der Waals surface area contributed by atoms with Gasteiger partial charge in [-0.1, -0.05) is 0 Å². The molecule has 0 aromatic carbocycles. The molecule has 82 valence electrons. The molecule has 0 aliphatic heterocycles. The van der Waals surface area contributed by atoms with Crippen molar-refractivity contribution in [2.75, 3.05) is 0 Å². The first-order valence-electron chi connectivity index (χ1n) is 5.41. The zero-order valence-corrected chi connectivity index (χ0v) is 8.70. The number of amides is 1. The van der Waals surface area contributed by atoms with Crippen LogP contribution in [0.15, 0.2) is 18.3 Å². The smallest absolute Gasteiger partial charge is 0.226 e. The number of hydrogen-bond acceptors (Lipinski definition) is 2. The van der Waals surface area contributed by atoms with Crippen LogP contribution in [0.1, 0.15) is 25.0 Å². The van der Waals surface area contributed by atoms with Gasteiger partial charge >= 0.3 is 0 Å². The van der Waals surface area contributed by atoms with Crippen molar-refractivity contribution in [2.24, 2.45) is 5.73 Å². The topological polar surface area (TPSA) is 70.9 Å². The summed E-state index contributed by atoms with van der Waals surface area (Å²) < 4.78 is 0. The van der Waals surface area contributed by atoms with Gasteiger partial charge in [0.2, 0.25) is 5.91 Å². The normalized spacial score (nSPS) is 25.4. The van der Waals surface area contributed by atoms with Crippen LogP contribution in [0, 0.1) is 0 Å². The minimum Gasteiger partial charge on any atom is -0.365 e. The van der Waals surface area contributed by atoms with E-state index in [1.165, 1.54) is 0 Å². The van der Waals surface area contributed by atoms with Gasteiger partial charge in [-0.25, -0.2) is 0 Å². The van der Waals surface area contributed by atoms with Crippen molar-refractivity contribution in [1.82, 2.24) is 10.3 Å². The van der Waals surface area contributed by atoms with Crippen LogP contribution in [-0.2, 0) is 11.2 Å². The van der Waals surface area contributed by atoms with Crippen LogP contribution in [-0.4, -0.2) is 23.0 Å². The molecule has 1 amide bonds. The van der Waals surface area contributed by atoms with Crippen LogP contribution < -0.4 is 11.1 Å². The molecule has 0 saturated heterocycles. The minimum atomic E-state index is 0.0801. The van der Waals surface area contributed by atoms with Crippen molar-refractivity contribution in [2.45, 2.75) is 37.8 Å². The maximum Gasteiger partial charge on any atom is 0.226 e. The summed E-state index contributed by atoms with van der Waals surface area (Å²) in [4.78, 5) is 14.6. The summed E-state index contributed by atoms with van der Waals surface area (Å²) in [7, 11) is 0. The number of aromatic nitrogens is 1. The van der Waals surface area contributed by atoms with Crippen molar-refractivity contribution < 1.29 is 4.79 Å². The number of aromatic amines is 1. The average Bonchev–Trinajstić information content (AvgIpc) is 2.77. The third kappa shape index (κ3) is 2.83. The van der Waals surface area contributed by atoms with E-state index in [9.17, 15) is 4.79 Å². The van der Waals surface area contributed by atoms with Crippen molar-refractivity contribution in [1.29, 1.82) is 0 Å².